The summed E-state index contributed by atoms with van der Waals surface area (Å²) in [5.41, 5.74) is -0.237. The lowest BCUT2D eigenvalue weighted by molar-refractivity contribution is 0.0734. The summed E-state index contributed by atoms with van der Waals surface area (Å²) in [5.74, 6) is -0.810. The van der Waals surface area contributed by atoms with Gasteiger partial charge in [0.1, 0.15) is 16.9 Å². The Morgan fingerprint density at radius 1 is 1.13 bits per heavy atom. The number of amides is 1. The van der Waals surface area contributed by atoms with Gasteiger partial charge >= 0.3 is 11.6 Å². The van der Waals surface area contributed by atoms with Crippen LogP contribution in [0.25, 0.3) is 11.0 Å². The van der Waals surface area contributed by atoms with E-state index in [4.69, 9.17) is 13.9 Å². The Hall–Kier alpha value is -2.97. The smallest absolute Gasteiger partial charge is 0.349 e. The Morgan fingerprint density at radius 2 is 1.93 bits per heavy atom. The number of nitrogens with one attached hydrogen (secondary N) is 1. The highest BCUT2D eigenvalue weighted by molar-refractivity contribution is 9.10. The molecule has 1 aromatic heterocycles. The lowest BCUT2D eigenvalue weighted by Gasteiger charge is -2.10. The summed E-state index contributed by atoms with van der Waals surface area (Å²) in [7, 11) is 0. The topological polar surface area (TPSA) is 94.8 Å². The first-order chi connectivity index (χ1) is 14.5. The van der Waals surface area contributed by atoms with E-state index in [1.807, 2.05) is 0 Å². The maximum Gasteiger partial charge on any atom is 0.349 e. The van der Waals surface area contributed by atoms with Gasteiger partial charge < -0.3 is 19.2 Å². The van der Waals surface area contributed by atoms with Crippen molar-refractivity contribution >= 4 is 38.8 Å². The standard InChI is InChI=1S/C22H18BrNO6/c23-15-6-3-13(4-7-15)21(26)29-16-8-5-14-10-18(22(27)30-19(14)11-16)20(25)24-12-17-2-1-9-28-17/h3-8,10-11,17H,1-2,9,12H2,(H,24,25). The summed E-state index contributed by atoms with van der Waals surface area (Å²) in [5, 5.41) is 3.25. The van der Waals surface area contributed by atoms with Gasteiger partial charge in [-0.2, -0.15) is 0 Å². The normalized spacial score (nSPS) is 15.8. The SMILES string of the molecule is O=C(Oc1ccc2cc(C(=O)NCC3CCCO3)c(=O)oc2c1)c1ccc(Br)cc1. The van der Waals surface area contributed by atoms with Crippen molar-refractivity contribution in [2.45, 2.75) is 18.9 Å². The average molecular weight is 472 g/mol. The summed E-state index contributed by atoms with van der Waals surface area (Å²) in [6, 6.07) is 12.9. The molecule has 0 spiro atoms. The van der Waals surface area contributed by atoms with Crippen molar-refractivity contribution in [2.75, 3.05) is 13.2 Å². The third-order valence-electron chi connectivity index (χ3n) is 4.76. The van der Waals surface area contributed by atoms with Crippen molar-refractivity contribution in [3.05, 3.63) is 74.6 Å². The second-order valence-corrected chi connectivity index (χ2v) is 7.80. The third-order valence-corrected chi connectivity index (χ3v) is 5.29. The lowest BCUT2D eigenvalue weighted by atomic mass is 10.1. The van der Waals surface area contributed by atoms with Crippen molar-refractivity contribution in [1.82, 2.24) is 5.32 Å². The molecule has 0 radical (unpaired) electrons. The van der Waals surface area contributed by atoms with Crippen LogP contribution >= 0.6 is 15.9 Å². The molecule has 7 nitrogen and oxygen atoms in total. The van der Waals surface area contributed by atoms with Gasteiger partial charge in [0.25, 0.3) is 5.91 Å². The number of hydrogen-bond acceptors (Lipinski definition) is 6. The predicted octanol–water partition coefficient (Wildman–Crippen LogP) is 3.68. The molecule has 154 valence electrons. The van der Waals surface area contributed by atoms with Gasteiger partial charge in [-0.15, -0.1) is 0 Å². The summed E-state index contributed by atoms with van der Waals surface area (Å²) in [6.07, 6.45) is 1.83. The van der Waals surface area contributed by atoms with Gasteiger partial charge in [0.2, 0.25) is 0 Å². The van der Waals surface area contributed by atoms with E-state index in [0.717, 1.165) is 17.3 Å². The highest BCUT2D eigenvalue weighted by atomic mass is 79.9. The zero-order valence-electron chi connectivity index (χ0n) is 15.9. The number of benzene rings is 2. The van der Waals surface area contributed by atoms with Gasteiger partial charge in [-0.3, -0.25) is 4.79 Å². The molecular formula is C22H18BrNO6. The number of halogens is 1. The van der Waals surface area contributed by atoms with Crippen LogP contribution in [-0.4, -0.2) is 31.1 Å². The van der Waals surface area contributed by atoms with Gasteiger partial charge in [0.05, 0.1) is 11.7 Å². The van der Waals surface area contributed by atoms with Gasteiger partial charge in [0, 0.05) is 29.1 Å². The quantitative estimate of drug-likeness (QED) is 0.346. The fraction of sp³-hybridized carbons (Fsp3) is 0.227. The van der Waals surface area contributed by atoms with Crippen LogP contribution in [0.15, 0.2) is 62.2 Å². The van der Waals surface area contributed by atoms with Crippen molar-refractivity contribution in [3.8, 4) is 5.75 Å². The summed E-state index contributed by atoms with van der Waals surface area (Å²) in [4.78, 5) is 36.9. The number of fused-ring (bicyclic) bond motifs is 1. The molecule has 1 fully saturated rings. The molecule has 1 aliphatic rings. The first-order valence-corrected chi connectivity index (χ1v) is 10.2. The minimum Gasteiger partial charge on any atom is -0.423 e. The van der Waals surface area contributed by atoms with Crippen LogP contribution in [0.1, 0.15) is 33.6 Å². The summed E-state index contributed by atoms with van der Waals surface area (Å²) < 4.78 is 16.9. The zero-order chi connectivity index (χ0) is 21.1. The van der Waals surface area contributed by atoms with E-state index in [1.54, 1.807) is 36.4 Å². The predicted molar refractivity (Wildman–Crippen MR) is 113 cm³/mol. The third kappa shape index (κ3) is 4.60. The molecule has 1 aliphatic heterocycles. The van der Waals surface area contributed by atoms with E-state index in [0.29, 0.717) is 24.1 Å². The number of esters is 1. The molecule has 2 aromatic carbocycles. The number of hydrogen-bond donors (Lipinski definition) is 1. The fourth-order valence-corrected chi connectivity index (χ4v) is 3.44. The Morgan fingerprint density at radius 3 is 2.67 bits per heavy atom. The molecule has 1 N–H and O–H groups in total. The first kappa shape index (κ1) is 20.3. The molecule has 0 saturated carbocycles. The van der Waals surface area contributed by atoms with E-state index in [-0.39, 0.29) is 23.0 Å². The number of ether oxygens (including phenoxy) is 2. The zero-order valence-corrected chi connectivity index (χ0v) is 17.4. The molecule has 1 saturated heterocycles. The molecule has 8 heteroatoms. The van der Waals surface area contributed by atoms with Gasteiger partial charge in [-0.1, -0.05) is 15.9 Å². The molecule has 0 aliphatic carbocycles. The Labute approximate surface area is 180 Å². The minimum absolute atomic E-state index is 0.0237. The molecule has 1 amide bonds. The number of carbonyl (C=O) groups is 2. The average Bonchev–Trinajstić information content (AvgIpc) is 3.25. The van der Waals surface area contributed by atoms with E-state index in [2.05, 4.69) is 21.2 Å². The molecule has 1 unspecified atom stereocenters. The second-order valence-electron chi connectivity index (χ2n) is 6.89. The van der Waals surface area contributed by atoms with Crippen LogP contribution in [0.4, 0.5) is 0 Å². The first-order valence-electron chi connectivity index (χ1n) is 9.45. The van der Waals surface area contributed by atoms with Crippen molar-refractivity contribution in [1.29, 1.82) is 0 Å². The van der Waals surface area contributed by atoms with Crippen LogP contribution in [0.5, 0.6) is 5.75 Å². The molecule has 0 bridgehead atoms. The molecular weight excluding hydrogens is 454 g/mol. The number of carbonyl (C=O) groups excluding carboxylic acids is 2. The van der Waals surface area contributed by atoms with Crippen LogP contribution in [-0.2, 0) is 4.74 Å². The van der Waals surface area contributed by atoms with Crippen LogP contribution in [0.3, 0.4) is 0 Å². The number of rotatable bonds is 5. The van der Waals surface area contributed by atoms with E-state index < -0.39 is 17.5 Å². The van der Waals surface area contributed by atoms with Crippen LogP contribution < -0.4 is 15.7 Å². The lowest BCUT2D eigenvalue weighted by Crippen LogP contribution is -2.34. The van der Waals surface area contributed by atoms with E-state index >= 15 is 0 Å². The van der Waals surface area contributed by atoms with Gasteiger partial charge in [-0.05, 0) is 55.3 Å². The maximum atomic E-state index is 12.4. The Bertz CT molecular complexity index is 1150. The molecule has 2 heterocycles. The van der Waals surface area contributed by atoms with Gasteiger partial charge in [-0.25, -0.2) is 9.59 Å². The maximum absolute atomic E-state index is 12.4. The van der Waals surface area contributed by atoms with Gasteiger partial charge in [0.15, 0.2) is 0 Å². The van der Waals surface area contributed by atoms with Crippen molar-refractivity contribution in [3.63, 3.8) is 0 Å². The largest absolute Gasteiger partial charge is 0.423 e. The monoisotopic (exact) mass is 471 g/mol. The second kappa shape index (κ2) is 8.81. The molecule has 4 rings (SSSR count). The Balaban J connectivity index is 1.50. The minimum atomic E-state index is -0.760. The highest BCUT2D eigenvalue weighted by Gasteiger charge is 2.19. The highest BCUT2D eigenvalue weighted by Crippen LogP contribution is 2.22. The van der Waals surface area contributed by atoms with E-state index in [9.17, 15) is 14.4 Å². The van der Waals surface area contributed by atoms with Crippen molar-refractivity contribution in [2.24, 2.45) is 0 Å². The molecule has 30 heavy (non-hydrogen) atoms. The summed E-state index contributed by atoms with van der Waals surface area (Å²) >= 11 is 3.31. The molecule has 3 aromatic rings. The molecule has 1 atom stereocenters. The van der Waals surface area contributed by atoms with Crippen LogP contribution in [0, 0.1) is 0 Å². The van der Waals surface area contributed by atoms with E-state index in [1.165, 1.54) is 12.1 Å². The van der Waals surface area contributed by atoms with Crippen LogP contribution in [0.2, 0.25) is 0 Å². The van der Waals surface area contributed by atoms with Crippen molar-refractivity contribution < 1.29 is 23.5 Å². The Kier molecular flexibility index (Phi) is 5.96. The summed E-state index contributed by atoms with van der Waals surface area (Å²) in [6.45, 7) is 1.04. The fourth-order valence-electron chi connectivity index (χ4n) is 3.17.